The van der Waals surface area contributed by atoms with Crippen LogP contribution in [0.2, 0.25) is 0 Å². The van der Waals surface area contributed by atoms with Gasteiger partial charge in [0, 0.05) is 40.3 Å². The van der Waals surface area contributed by atoms with Gasteiger partial charge in [0.1, 0.15) is 0 Å². The molecule has 8 nitrogen and oxygen atoms in total. The Bertz CT molecular complexity index is 1620. The number of hydrogen-bond acceptors (Lipinski definition) is 5. The topological polar surface area (TPSA) is 96.3 Å². The zero-order chi connectivity index (χ0) is 30.3. The molecular weight excluding hydrogens is 615 g/mol. The number of hydrogen-bond donors (Lipinski definition) is 2. The zero-order valence-corrected chi connectivity index (χ0v) is 24.6. The molecule has 1 aliphatic carbocycles. The fourth-order valence-corrected chi connectivity index (χ4v) is 5.66. The number of nitrogens with zero attached hydrogens (tertiary/aromatic N) is 3. The number of alkyl halides is 3. The quantitative estimate of drug-likeness (QED) is 0.339. The highest BCUT2D eigenvalue weighted by Gasteiger charge is 2.36. The van der Waals surface area contributed by atoms with Gasteiger partial charge in [0.15, 0.2) is 0 Å². The monoisotopic (exact) mass is 643 g/mol. The van der Waals surface area contributed by atoms with E-state index in [9.17, 15) is 27.6 Å². The minimum absolute atomic E-state index is 0.0463. The maximum absolute atomic E-state index is 14.0. The Labute approximate surface area is 248 Å². The Morgan fingerprint density at radius 3 is 2.40 bits per heavy atom. The fourth-order valence-electron chi connectivity index (χ4n) is 5.19. The maximum Gasteiger partial charge on any atom is 0.417 e. The van der Waals surface area contributed by atoms with Crippen LogP contribution in [-0.2, 0) is 19.1 Å². The molecule has 2 N–H and O–H groups in total. The van der Waals surface area contributed by atoms with Gasteiger partial charge in [-0.2, -0.15) is 13.2 Å². The summed E-state index contributed by atoms with van der Waals surface area (Å²) in [5.74, 6) is -0.243. The number of benzene rings is 2. The predicted octanol–water partition coefficient (Wildman–Crippen LogP) is 5.34. The Balaban J connectivity index is 1.55. The molecule has 0 radical (unpaired) electrons. The number of fused-ring (bicyclic) bond motifs is 1. The Morgan fingerprint density at radius 2 is 1.81 bits per heavy atom. The number of halogens is 4. The van der Waals surface area contributed by atoms with Gasteiger partial charge in [-0.05, 0) is 74.6 Å². The van der Waals surface area contributed by atoms with Crippen LogP contribution in [0.15, 0.2) is 64.4 Å². The third-order valence-electron chi connectivity index (χ3n) is 7.69. The van der Waals surface area contributed by atoms with Crippen molar-refractivity contribution in [2.45, 2.75) is 51.0 Å². The van der Waals surface area contributed by atoms with Crippen molar-refractivity contribution < 1.29 is 22.8 Å². The van der Waals surface area contributed by atoms with Gasteiger partial charge < -0.3 is 15.5 Å². The summed E-state index contributed by atoms with van der Waals surface area (Å²) >= 11 is 2.92. The first-order valence-corrected chi connectivity index (χ1v) is 14.3. The normalized spacial score (nSPS) is 17.3. The first kappa shape index (κ1) is 29.6. The number of aromatic nitrogens is 2. The minimum Gasteiger partial charge on any atom is -0.355 e. The molecule has 5 rings (SSSR count). The summed E-state index contributed by atoms with van der Waals surface area (Å²) in [7, 11) is 1.53. The predicted molar refractivity (Wildman–Crippen MR) is 156 cm³/mol. The van der Waals surface area contributed by atoms with E-state index in [1.807, 2.05) is 0 Å². The third kappa shape index (κ3) is 5.72. The van der Waals surface area contributed by atoms with Crippen LogP contribution in [0, 0.1) is 5.92 Å². The van der Waals surface area contributed by atoms with Gasteiger partial charge in [0.2, 0.25) is 5.95 Å². The summed E-state index contributed by atoms with van der Waals surface area (Å²) in [6.45, 7) is 5.62. The molecule has 2 heterocycles. The molecule has 220 valence electrons. The summed E-state index contributed by atoms with van der Waals surface area (Å²) in [4.78, 5) is 45.8. The van der Waals surface area contributed by atoms with Crippen molar-refractivity contribution in [3.05, 3.63) is 97.9 Å². The second-order valence-corrected chi connectivity index (χ2v) is 11.4. The van der Waals surface area contributed by atoms with E-state index in [4.69, 9.17) is 4.98 Å². The highest BCUT2D eigenvalue weighted by atomic mass is 79.9. The molecule has 3 aromatic rings. The summed E-state index contributed by atoms with van der Waals surface area (Å²) in [5, 5.41) is 5.90. The van der Waals surface area contributed by atoms with Gasteiger partial charge >= 0.3 is 6.18 Å². The lowest BCUT2D eigenvalue weighted by molar-refractivity contribution is -0.138. The molecule has 1 aromatic heterocycles. The second kappa shape index (κ2) is 11.4. The van der Waals surface area contributed by atoms with Gasteiger partial charge in [0.05, 0.1) is 23.5 Å². The maximum atomic E-state index is 14.0. The first-order valence-electron chi connectivity index (χ1n) is 13.5. The molecule has 42 heavy (non-hydrogen) atoms. The lowest BCUT2D eigenvalue weighted by Crippen LogP contribution is -2.46. The molecule has 0 spiro atoms. The van der Waals surface area contributed by atoms with Gasteiger partial charge in [-0.1, -0.05) is 22.0 Å². The first-order chi connectivity index (χ1) is 19.9. The zero-order valence-electron chi connectivity index (χ0n) is 23.0. The third-order valence-corrected chi connectivity index (χ3v) is 8.38. The van der Waals surface area contributed by atoms with E-state index >= 15 is 0 Å². The summed E-state index contributed by atoms with van der Waals surface area (Å²) in [6, 6.07) is 9.33. The lowest BCUT2D eigenvalue weighted by atomic mass is 9.98. The van der Waals surface area contributed by atoms with Crippen molar-refractivity contribution in [1.82, 2.24) is 19.8 Å². The number of amides is 2. The molecule has 2 atom stereocenters. The molecule has 1 aliphatic heterocycles. The summed E-state index contributed by atoms with van der Waals surface area (Å²) < 4.78 is 41.8. The average Bonchev–Trinajstić information content (AvgIpc) is 3.81. The fraction of sp³-hybridized carbons (Fsp3) is 0.333. The SMILES string of the molecule is C=CC(Nc1nc2c(c(=O)n1-c1ccc(C(=O)NC)cc1)C[C@@H](C)N(C(=O)c1ccc(Br)c(C(F)(F)F)c1)C2)C1CC1. The van der Waals surface area contributed by atoms with Crippen molar-refractivity contribution in [3.8, 4) is 5.69 Å². The van der Waals surface area contributed by atoms with E-state index in [2.05, 4.69) is 33.1 Å². The van der Waals surface area contributed by atoms with Gasteiger partial charge in [-0.15, -0.1) is 6.58 Å². The van der Waals surface area contributed by atoms with E-state index in [1.54, 1.807) is 37.3 Å². The second-order valence-electron chi connectivity index (χ2n) is 10.5. The number of anilines is 1. The molecule has 1 unspecified atom stereocenters. The van der Waals surface area contributed by atoms with Crippen LogP contribution < -0.4 is 16.2 Å². The molecule has 2 aliphatic rings. The van der Waals surface area contributed by atoms with E-state index in [-0.39, 0.29) is 46.5 Å². The molecule has 12 heteroatoms. The molecule has 1 saturated carbocycles. The van der Waals surface area contributed by atoms with E-state index < -0.39 is 23.7 Å². The largest absolute Gasteiger partial charge is 0.417 e. The van der Waals surface area contributed by atoms with Crippen LogP contribution in [0.5, 0.6) is 0 Å². The number of rotatable bonds is 7. The summed E-state index contributed by atoms with van der Waals surface area (Å²) in [5.41, 5.74) is 0.356. The standard InChI is InChI=1S/C30H29BrF3N5O3/c1-4-24(17-5-6-17)36-29-37-25-15-38(27(41)19-9-12-23(31)22(14-19)30(32,33)34)16(2)13-21(25)28(42)39(29)20-10-7-18(8-11-20)26(40)35-3/h4,7-12,14,16-17,24H,1,5-6,13,15H2,2-3H3,(H,35,40)(H,36,37)/t16-,24?/m1/s1. The van der Waals surface area contributed by atoms with Gasteiger partial charge in [-0.3, -0.25) is 14.4 Å². The molecule has 2 aromatic carbocycles. The van der Waals surface area contributed by atoms with Crippen molar-refractivity contribution in [1.29, 1.82) is 0 Å². The van der Waals surface area contributed by atoms with Crippen molar-refractivity contribution in [2.75, 3.05) is 12.4 Å². The van der Waals surface area contributed by atoms with Crippen LogP contribution in [0.1, 0.15) is 57.3 Å². The van der Waals surface area contributed by atoms with Crippen molar-refractivity contribution >= 4 is 33.7 Å². The Kier molecular flexibility index (Phi) is 8.02. The molecule has 0 saturated heterocycles. The van der Waals surface area contributed by atoms with Crippen molar-refractivity contribution in [2.24, 2.45) is 5.92 Å². The number of carbonyl (C=O) groups is 2. The highest BCUT2D eigenvalue weighted by Crippen LogP contribution is 2.37. The van der Waals surface area contributed by atoms with E-state index in [1.165, 1.54) is 28.6 Å². The lowest BCUT2D eigenvalue weighted by Gasteiger charge is -2.35. The summed E-state index contributed by atoms with van der Waals surface area (Å²) in [6.07, 6.45) is -0.685. The smallest absolute Gasteiger partial charge is 0.355 e. The molecule has 2 amide bonds. The van der Waals surface area contributed by atoms with Crippen LogP contribution in [-0.4, -0.2) is 45.4 Å². The van der Waals surface area contributed by atoms with Gasteiger partial charge in [-0.25, -0.2) is 9.55 Å². The molecule has 1 fully saturated rings. The van der Waals surface area contributed by atoms with Crippen LogP contribution >= 0.6 is 15.9 Å². The van der Waals surface area contributed by atoms with Crippen molar-refractivity contribution in [3.63, 3.8) is 0 Å². The molecular formula is C30H29BrF3N5O3. The van der Waals surface area contributed by atoms with Crippen LogP contribution in [0.3, 0.4) is 0 Å². The highest BCUT2D eigenvalue weighted by molar-refractivity contribution is 9.10. The number of nitrogens with one attached hydrogen (secondary N) is 2. The Morgan fingerprint density at radius 1 is 1.14 bits per heavy atom. The van der Waals surface area contributed by atoms with Crippen LogP contribution in [0.25, 0.3) is 5.69 Å². The van der Waals surface area contributed by atoms with E-state index in [0.717, 1.165) is 18.9 Å². The molecule has 0 bridgehead atoms. The van der Waals surface area contributed by atoms with E-state index in [0.29, 0.717) is 28.4 Å². The Hall–Kier alpha value is -3.93. The number of carbonyl (C=O) groups excluding carboxylic acids is 2. The van der Waals surface area contributed by atoms with Crippen LogP contribution in [0.4, 0.5) is 19.1 Å². The minimum atomic E-state index is -4.63. The van der Waals surface area contributed by atoms with Gasteiger partial charge in [0.25, 0.3) is 17.4 Å². The average molecular weight is 644 g/mol.